The van der Waals surface area contributed by atoms with Gasteiger partial charge in [-0.2, -0.15) is 17.4 Å². The highest BCUT2D eigenvalue weighted by molar-refractivity contribution is 7.87. The summed E-state index contributed by atoms with van der Waals surface area (Å²) in [4.78, 5) is 2.12. The van der Waals surface area contributed by atoms with Crippen molar-refractivity contribution in [3.8, 4) is 0 Å². The van der Waals surface area contributed by atoms with Crippen LogP contribution in [-0.4, -0.2) is 68.1 Å². The van der Waals surface area contributed by atoms with Gasteiger partial charge in [0.25, 0.3) is 10.2 Å². The lowest BCUT2D eigenvalue weighted by Gasteiger charge is -2.34. The Morgan fingerprint density at radius 3 is 2.67 bits per heavy atom. The molecule has 2 N–H and O–H groups in total. The Balaban J connectivity index is 2.00. The molecule has 2 rings (SSSR count). The van der Waals surface area contributed by atoms with Gasteiger partial charge in [-0.1, -0.05) is 6.42 Å². The molecule has 0 aromatic rings. The molecule has 0 saturated carbocycles. The van der Waals surface area contributed by atoms with Crippen molar-refractivity contribution in [2.45, 2.75) is 37.8 Å². The largest absolute Gasteiger partial charge is 0.395 e. The van der Waals surface area contributed by atoms with E-state index in [1.165, 1.54) is 4.31 Å². The first-order valence-electron chi connectivity index (χ1n) is 6.61. The van der Waals surface area contributed by atoms with Crippen LogP contribution in [0.2, 0.25) is 0 Å². The van der Waals surface area contributed by atoms with Crippen LogP contribution in [0.1, 0.15) is 25.7 Å². The topological polar surface area (TPSA) is 72.9 Å². The lowest BCUT2D eigenvalue weighted by molar-refractivity contribution is 0.153. The number of hydrogen-bond donors (Lipinski definition) is 2. The quantitative estimate of drug-likeness (QED) is 0.718. The summed E-state index contributed by atoms with van der Waals surface area (Å²) in [6, 6.07) is -0.253. The molecular weight excluding hydrogens is 254 g/mol. The summed E-state index contributed by atoms with van der Waals surface area (Å²) in [5.74, 6) is 0. The van der Waals surface area contributed by atoms with Crippen molar-refractivity contribution in [2.24, 2.45) is 0 Å². The minimum Gasteiger partial charge on any atom is -0.395 e. The molecule has 2 unspecified atom stereocenters. The van der Waals surface area contributed by atoms with Gasteiger partial charge in [-0.05, 0) is 32.9 Å². The highest BCUT2D eigenvalue weighted by atomic mass is 32.2. The van der Waals surface area contributed by atoms with E-state index in [2.05, 4.69) is 9.62 Å². The molecule has 2 aliphatic heterocycles. The van der Waals surface area contributed by atoms with Crippen LogP contribution in [0.25, 0.3) is 0 Å². The molecule has 0 spiro atoms. The van der Waals surface area contributed by atoms with Crippen LogP contribution in [0.3, 0.4) is 0 Å². The second kappa shape index (κ2) is 5.83. The van der Waals surface area contributed by atoms with Crippen molar-refractivity contribution in [3.05, 3.63) is 0 Å². The fourth-order valence-corrected chi connectivity index (χ4v) is 4.47. The molecule has 0 amide bonds. The standard InChI is InChI=1S/C11H23N3O3S/c1-13-7-5-10(8-13)12-18(16,17)14-6-3-2-4-11(14)9-15/h10-12,15H,2-9H2,1H3. The molecule has 6 nitrogen and oxygen atoms in total. The number of likely N-dealkylation sites (tertiary alicyclic amines) is 1. The fraction of sp³-hybridized carbons (Fsp3) is 1.00. The number of piperidine rings is 1. The van der Waals surface area contributed by atoms with Crippen LogP contribution >= 0.6 is 0 Å². The predicted octanol–water partition coefficient (Wildman–Crippen LogP) is -0.628. The number of hydrogen-bond acceptors (Lipinski definition) is 4. The van der Waals surface area contributed by atoms with Gasteiger partial charge in [-0.25, -0.2) is 0 Å². The first-order valence-corrected chi connectivity index (χ1v) is 8.05. The zero-order valence-electron chi connectivity index (χ0n) is 10.9. The third-order valence-corrected chi connectivity index (χ3v) is 5.53. The van der Waals surface area contributed by atoms with Crippen LogP contribution in [0.15, 0.2) is 0 Å². The summed E-state index contributed by atoms with van der Waals surface area (Å²) < 4.78 is 28.8. The van der Waals surface area contributed by atoms with Crippen LogP contribution in [-0.2, 0) is 10.2 Å². The Bertz CT molecular complexity index is 374. The van der Waals surface area contributed by atoms with Crippen molar-refractivity contribution in [3.63, 3.8) is 0 Å². The van der Waals surface area contributed by atoms with E-state index >= 15 is 0 Å². The van der Waals surface area contributed by atoms with Gasteiger partial charge in [0.2, 0.25) is 0 Å². The molecule has 0 aromatic heterocycles. The van der Waals surface area contributed by atoms with Crippen LogP contribution in [0, 0.1) is 0 Å². The van der Waals surface area contributed by atoms with E-state index in [-0.39, 0.29) is 18.7 Å². The number of aliphatic hydroxyl groups is 1. The zero-order valence-corrected chi connectivity index (χ0v) is 11.7. The van der Waals surface area contributed by atoms with E-state index in [4.69, 9.17) is 0 Å². The van der Waals surface area contributed by atoms with Crippen LogP contribution in [0.5, 0.6) is 0 Å². The minimum atomic E-state index is -3.45. The normalized spacial score (nSPS) is 31.9. The summed E-state index contributed by atoms with van der Waals surface area (Å²) in [6.07, 6.45) is 3.47. The number of aliphatic hydroxyl groups excluding tert-OH is 1. The number of nitrogens with zero attached hydrogens (tertiary/aromatic N) is 2. The number of likely N-dealkylation sites (N-methyl/N-ethyl adjacent to an activating group) is 1. The Morgan fingerprint density at radius 2 is 2.06 bits per heavy atom. The Labute approximate surface area is 109 Å². The molecule has 2 saturated heterocycles. The van der Waals surface area contributed by atoms with Gasteiger partial charge in [0.05, 0.1) is 6.61 Å². The van der Waals surface area contributed by atoms with Gasteiger partial charge in [0.15, 0.2) is 0 Å². The SMILES string of the molecule is CN1CCC(NS(=O)(=O)N2CCCCC2CO)C1. The Morgan fingerprint density at radius 1 is 1.28 bits per heavy atom. The van der Waals surface area contributed by atoms with E-state index in [1.807, 2.05) is 7.05 Å². The maximum Gasteiger partial charge on any atom is 0.280 e. The van der Waals surface area contributed by atoms with E-state index in [1.54, 1.807) is 0 Å². The molecule has 2 atom stereocenters. The maximum absolute atomic E-state index is 12.3. The lowest BCUT2D eigenvalue weighted by Crippen LogP contribution is -2.53. The molecule has 106 valence electrons. The van der Waals surface area contributed by atoms with Gasteiger partial charge in [-0.3, -0.25) is 0 Å². The van der Waals surface area contributed by atoms with Crippen LogP contribution in [0.4, 0.5) is 0 Å². The maximum atomic E-state index is 12.3. The van der Waals surface area contributed by atoms with Crippen molar-refractivity contribution >= 4 is 10.2 Å². The van der Waals surface area contributed by atoms with E-state index < -0.39 is 10.2 Å². The van der Waals surface area contributed by atoms with Crippen molar-refractivity contribution in [2.75, 3.05) is 33.3 Å². The number of rotatable bonds is 4. The Kier molecular flexibility index (Phi) is 4.60. The second-order valence-electron chi connectivity index (χ2n) is 5.31. The zero-order chi connectivity index (χ0) is 13.2. The highest BCUT2D eigenvalue weighted by Gasteiger charge is 2.34. The molecule has 2 aliphatic rings. The third kappa shape index (κ3) is 3.21. The molecule has 0 radical (unpaired) electrons. The minimum absolute atomic E-state index is 0.00118. The first kappa shape index (κ1) is 14.2. The average Bonchev–Trinajstić information content (AvgIpc) is 2.74. The molecule has 0 aromatic carbocycles. The van der Waals surface area contributed by atoms with E-state index in [9.17, 15) is 13.5 Å². The Hall–Kier alpha value is -0.210. The van der Waals surface area contributed by atoms with Crippen LogP contribution < -0.4 is 4.72 Å². The second-order valence-corrected chi connectivity index (χ2v) is 6.97. The first-order chi connectivity index (χ1) is 8.53. The highest BCUT2D eigenvalue weighted by Crippen LogP contribution is 2.20. The van der Waals surface area contributed by atoms with Gasteiger partial charge in [0.1, 0.15) is 0 Å². The third-order valence-electron chi connectivity index (χ3n) is 3.80. The van der Waals surface area contributed by atoms with Crippen molar-refractivity contribution in [1.29, 1.82) is 0 Å². The predicted molar refractivity (Wildman–Crippen MR) is 69.4 cm³/mol. The molecule has 2 fully saturated rings. The van der Waals surface area contributed by atoms with Gasteiger partial charge in [-0.15, -0.1) is 0 Å². The molecule has 2 heterocycles. The molecular formula is C11H23N3O3S. The summed E-state index contributed by atoms with van der Waals surface area (Å²) in [5, 5.41) is 9.29. The van der Waals surface area contributed by atoms with E-state index in [0.717, 1.165) is 38.8 Å². The van der Waals surface area contributed by atoms with Crippen molar-refractivity contribution < 1.29 is 13.5 Å². The van der Waals surface area contributed by atoms with Gasteiger partial charge < -0.3 is 10.0 Å². The number of nitrogens with one attached hydrogen (secondary N) is 1. The molecule has 18 heavy (non-hydrogen) atoms. The molecule has 0 bridgehead atoms. The summed E-state index contributed by atoms with van der Waals surface area (Å²) in [5.41, 5.74) is 0. The van der Waals surface area contributed by atoms with Crippen molar-refractivity contribution in [1.82, 2.24) is 13.9 Å². The summed E-state index contributed by atoms with van der Waals surface area (Å²) >= 11 is 0. The smallest absolute Gasteiger partial charge is 0.280 e. The lowest BCUT2D eigenvalue weighted by atomic mass is 10.1. The fourth-order valence-electron chi connectivity index (χ4n) is 2.78. The van der Waals surface area contributed by atoms with E-state index in [0.29, 0.717) is 6.54 Å². The molecule has 7 heteroatoms. The monoisotopic (exact) mass is 277 g/mol. The summed E-state index contributed by atoms with van der Waals surface area (Å²) in [7, 11) is -1.46. The average molecular weight is 277 g/mol. The van der Waals surface area contributed by atoms with Gasteiger partial charge in [0, 0.05) is 25.2 Å². The van der Waals surface area contributed by atoms with Gasteiger partial charge >= 0.3 is 0 Å². The summed E-state index contributed by atoms with van der Waals surface area (Å²) in [6.45, 7) is 2.11. The molecule has 0 aliphatic carbocycles.